The summed E-state index contributed by atoms with van der Waals surface area (Å²) in [5, 5.41) is 2.69. The average molecular weight is 479 g/mol. The van der Waals surface area contributed by atoms with Crippen molar-refractivity contribution in [3.05, 3.63) is 41.7 Å². The standard InChI is InChI=1S/C25H38N2O7/c1-24(2,3)33-22(29)26-14-9-15-27(23(30)34-25(4,5)6)16-18-10-12-19(13-11-18)20(17-31-7)21(28)32-8/h10-13,17H,9,14-16H2,1-8H3,(H,26,29)/b20-17+. The summed E-state index contributed by atoms with van der Waals surface area (Å²) in [6.45, 7) is 11.8. The number of amides is 2. The van der Waals surface area contributed by atoms with Crippen LogP contribution >= 0.6 is 0 Å². The third kappa shape index (κ3) is 11.1. The summed E-state index contributed by atoms with van der Waals surface area (Å²) in [7, 11) is 2.75. The van der Waals surface area contributed by atoms with E-state index in [1.165, 1.54) is 20.5 Å². The summed E-state index contributed by atoms with van der Waals surface area (Å²) >= 11 is 0. The molecule has 1 rings (SSSR count). The van der Waals surface area contributed by atoms with Gasteiger partial charge < -0.3 is 29.2 Å². The molecule has 0 fully saturated rings. The van der Waals surface area contributed by atoms with Crippen LogP contribution < -0.4 is 5.32 Å². The predicted octanol–water partition coefficient (Wildman–Crippen LogP) is 4.50. The molecule has 0 unspecified atom stereocenters. The van der Waals surface area contributed by atoms with Gasteiger partial charge in [-0.25, -0.2) is 14.4 Å². The van der Waals surface area contributed by atoms with Crippen LogP contribution in [0.5, 0.6) is 0 Å². The van der Waals surface area contributed by atoms with E-state index in [2.05, 4.69) is 5.32 Å². The number of alkyl carbamates (subject to hydrolysis) is 1. The van der Waals surface area contributed by atoms with E-state index in [9.17, 15) is 14.4 Å². The van der Waals surface area contributed by atoms with Crippen molar-refractivity contribution in [1.29, 1.82) is 0 Å². The van der Waals surface area contributed by atoms with Crippen molar-refractivity contribution in [3.8, 4) is 0 Å². The van der Waals surface area contributed by atoms with E-state index in [0.717, 1.165) is 5.56 Å². The highest BCUT2D eigenvalue weighted by atomic mass is 16.6. The SMILES string of the molecule is CO/C=C(/C(=O)OC)c1ccc(CN(CCCNC(=O)OC(C)(C)C)C(=O)OC(C)(C)C)cc1. The number of ether oxygens (including phenoxy) is 4. The zero-order chi connectivity index (χ0) is 25.9. The quantitative estimate of drug-likeness (QED) is 0.183. The molecule has 0 atom stereocenters. The van der Waals surface area contributed by atoms with E-state index in [-0.39, 0.29) is 5.57 Å². The van der Waals surface area contributed by atoms with Crippen LogP contribution in [-0.2, 0) is 30.3 Å². The Morgan fingerprint density at radius 3 is 2.03 bits per heavy atom. The maximum Gasteiger partial charge on any atom is 0.410 e. The summed E-state index contributed by atoms with van der Waals surface area (Å²) in [5.41, 5.74) is 0.534. The van der Waals surface area contributed by atoms with Gasteiger partial charge in [-0.1, -0.05) is 24.3 Å². The van der Waals surface area contributed by atoms with Crippen LogP contribution in [0.15, 0.2) is 30.5 Å². The van der Waals surface area contributed by atoms with E-state index in [1.54, 1.807) is 58.6 Å². The van der Waals surface area contributed by atoms with E-state index < -0.39 is 29.4 Å². The van der Waals surface area contributed by atoms with E-state index >= 15 is 0 Å². The minimum absolute atomic E-state index is 0.286. The van der Waals surface area contributed by atoms with Crippen molar-refractivity contribution < 1.29 is 33.3 Å². The monoisotopic (exact) mass is 478 g/mol. The maximum absolute atomic E-state index is 12.8. The molecule has 0 spiro atoms. The van der Waals surface area contributed by atoms with Crippen molar-refractivity contribution in [2.45, 2.75) is 65.7 Å². The predicted molar refractivity (Wildman–Crippen MR) is 129 cm³/mol. The number of nitrogens with zero attached hydrogens (tertiary/aromatic N) is 1. The third-order valence-corrected chi connectivity index (χ3v) is 4.20. The second-order valence-corrected chi connectivity index (χ2v) is 9.64. The first-order valence-corrected chi connectivity index (χ1v) is 11.1. The lowest BCUT2D eigenvalue weighted by atomic mass is 10.0. The molecule has 0 bridgehead atoms. The zero-order valence-corrected chi connectivity index (χ0v) is 21.5. The van der Waals surface area contributed by atoms with E-state index in [1.807, 2.05) is 12.1 Å². The van der Waals surface area contributed by atoms with Crippen LogP contribution in [0.1, 0.15) is 59.1 Å². The zero-order valence-electron chi connectivity index (χ0n) is 21.5. The first kappa shape index (κ1) is 28.8. The third-order valence-electron chi connectivity index (χ3n) is 4.20. The molecule has 2 amide bonds. The van der Waals surface area contributed by atoms with Crippen molar-refractivity contribution in [2.24, 2.45) is 0 Å². The Morgan fingerprint density at radius 2 is 1.53 bits per heavy atom. The summed E-state index contributed by atoms with van der Waals surface area (Å²) in [6, 6.07) is 7.15. The molecule has 1 aromatic carbocycles. The van der Waals surface area contributed by atoms with Crippen LogP contribution in [0, 0.1) is 0 Å². The summed E-state index contributed by atoms with van der Waals surface area (Å²) in [6.07, 6.45) is 0.881. The fraction of sp³-hybridized carbons (Fsp3) is 0.560. The highest BCUT2D eigenvalue weighted by Gasteiger charge is 2.23. The van der Waals surface area contributed by atoms with Crippen molar-refractivity contribution in [1.82, 2.24) is 10.2 Å². The highest BCUT2D eigenvalue weighted by Crippen LogP contribution is 2.19. The number of rotatable bonds is 9. The number of methoxy groups -OCH3 is 2. The first-order valence-electron chi connectivity index (χ1n) is 11.1. The topological polar surface area (TPSA) is 103 Å². The van der Waals surface area contributed by atoms with Gasteiger partial charge in [0.1, 0.15) is 16.8 Å². The molecule has 34 heavy (non-hydrogen) atoms. The van der Waals surface area contributed by atoms with Crippen LogP contribution in [0.3, 0.4) is 0 Å². The Labute approximate surface area is 202 Å². The second-order valence-electron chi connectivity index (χ2n) is 9.64. The molecular formula is C25H38N2O7. The molecule has 0 aliphatic heterocycles. The molecule has 190 valence electrons. The smallest absolute Gasteiger partial charge is 0.410 e. The van der Waals surface area contributed by atoms with Crippen molar-refractivity contribution >= 4 is 23.7 Å². The Balaban J connectivity index is 2.87. The van der Waals surface area contributed by atoms with Crippen molar-refractivity contribution in [3.63, 3.8) is 0 Å². The van der Waals surface area contributed by atoms with Gasteiger partial charge in [0.15, 0.2) is 0 Å². The van der Waals surface area contributed by atoms with Gasteiger partial charge in [0.2, 0.25) is 0 Å². The molecule has 0 heterocycles. The van der Waals surface area contributed by atoms with Gasteiger partial charge in [-0.3, -0.25) is 0 Å². The fourth-order valence-corrected chi connectivity index (χ4v) is 2.81. The van der Waals surface area contributed by atoms with Gasteiger partial charge in [-0.05, 0) is 59.1 Å². The van der Waals surface area contributed by atoms with Crippen LogP contribution in [0.4, 0.5) is 9.59 Å². The maximum atomic E-state index is 12.8. The van der Waals surface area contributed by atoms with E-state index in [0.29, 0.717) is 31.6 Å². The Morgan fingerprint density at radius 1 is 0.941 bits per heavy atom. The van der Waals surface area contributed by atoms with Gasteiger partial charge in [0.25, 0.3) is 0 Å². The van der Waals surface area contributed by atoms with Crippen LogP contribution in [0.25, 0.3) is 5.57 Å². The number of nitrogens with one attached hydrogen (secondary N) is 1. The Bertz CT molecular complexity index is 850. The number of carbonyl (C=O) groups excluding carboxylic acids is 3. The number of carbonyl (C=O) groups is 3. The fourth-order valence-electron chi connectivity index (χ4n) is 2.81. The lowest BCUT2D eigenvalue weighted by Crippen LogP contribution is -2.38. The minimum Gasteiger partial charge on any atom is -0.503 e. The van der Waals surface area contributed by atoms with Crippen LogP contribution in [0.2, 0.25) is 0 Å². The normalized spacial score (nSPS) is 11.9. The molecule has 0 aliphatic carbocycles. The molecular weight excluding hydrogens is 440 g/mol. The second kappa shape index (κ2) is 12.9. The lowest BCUT2D eigenvalue weighted by molar-refractivity contribution is -0.133. The highest BCUT2D eigenvalue weighted by molar-refractivity contribution is 6.16. The van der Waals surface area contributed by atoms with Gasteiger partial charge >= 0.3 is 18.2 Å². The molecule has 1 aromatic rings. The molecule has 0 saturated heterocycles. The molecule has 0 radical (unpaired) electrons. The van der Waals surface area contributed by atoms with Crippen molar-refractivity contribution in [2.75, 3.05) is 27.3 Å². The molecule has 1 N–H and O–H groups in total. The van der Waals surface area contributed by atoms with Gasteiger partial charge in [-0.2, -0.15) is 0 Å². The summed E-state index contributed by atoms with van der Waals surface area (Å²) < 4.78 is 20.5. The molecule has 9 heteroatoms. The summed E-state index contributed by atoms with van der Waals surface area (Å²) in [5.74, 6) is -0.512. The van der Waals surface area contributed by atoms with Gasteiger partial charge in [0.05, 0.1) is 20.5 Å². The number of hydrogen-bond acceptors (Lipinski definition) is 7. The van der Waals surface area contributed by atoms with Gasteiger partial charge in [0, 0.05) is 19.6 Å². The molecule has 9 nitrogen and oxygen atoms in total. The molecule has 0 aromatic heterocycles. The van der Waals surface area contributed by atoms with E-state index in [4.69, 9.17) is 18.9 Å². The molecule has 0 aliphatic rings. The van der Waals surface area contributed by atoms with Crippen LogP contribution in [-0.4, -0.2) is 61.6 Å². The number of hydrogen-bond donors (Lipinski definition) is 1. The number of esters is 1. The lowest BCUT2D eigenvalue weighted by Gasteiger charge is -2.27. The summed E-state index contributed by atoms with van der Waals surface area (Å²) in [4.78, 5) is 38.2. The Kier molecular flexibility index (Phi) is 10.9. The Hall–Kier alpha value is -3.23. The number of benzene rings is 1. The largest absolute Gasteiger partial charge is 0.503 e. The molecule has 0 saturated carbocycles. The average Bonchev–Trinajstić information content (AvgIpc) is 2.71. The first-order chi connectivity index (χ1) is 15.8. The van der Waals surface area contributed by atoms with Gasteiger partial charge in [-0.15, -0.1) is 0 Å². The minimum atomic E-state index is -0.645.